The molecule has 3 heterocycles. The van der Waals surface area contributed by atoms with Crippen LogP contribution in [0.3, 0.4) is 0 Å². The van der Waals surface area contributed by atoms with E-state index in [-0.39, 0.29) is 87.0 Å². The quantitative estimate of drug-likeness (QED) is 0.234. The maximum absolute atomic E-state index is 13.7. The van der Waals surface area contributed by atoms with E-state index in [0.717, 1.165) is 32.1 Å². The van der Waals surface area contributed by atoms with Crippen molar-refractivity contribution in [2.24, 2.45) is 5.92 Å². The number of carbonyl (C=O) groups excluding carboxylic acids is 5. The van der Waals surface area contributed by atoms with Crippen LogP contribution in [0.25, 0.3) is 5.69 Å². The highest BCUT2D eigenvalue weighted by atomic mass is 16.5. The lowest BCUT2D eigenvalue weighted by molar-refractivity contribution is -0.140. The maximum atomic E-state index is 13.7. The van der Waals surface area contributed by atoms with Gasteiger partial charge in [0.25, 0.3) is 11.8 Å². The van der Waals surface area contributed by atoms with Crippen molar-refractivity contribution >= 4 is 35.6 Å². The van der Waals surface area contributed by atoms with E-state index >= 15 is 0 Å². The molecule has 2 aliphatic carbocycles. The second-order valence-electron chi connectivity index (χ2n) is 13.3. The monoisotopic (exact) mass is 692 g/mol. The molecule has 4 aliphatic rings. The van der Waals surface area contributed by atoms with Crippen molar-refractivity contribution in [3.63, 3.8) is 0 Å². The Labute approximate surface area is 289 Å². The van der Waals surface area contributed by atoms with Crippen LogP contribution in [0.15, 0.2) is 36.4 Å². The molecule has 0 radical (unpaired) electrons. The summed E-state index contributed by atoms with van der Waals surface area (Å²) in [5.41, 5.74) is 0.505. The number of nitrogens with zero attached hydrogens (tertiary/aromatic N) is 5. The van der Waals surface area contributed by atoms with E-state index in [1.165, 1.54) is 20.5 Å². The molecule has 16 nitrogen and oxygen atoms in total. The summed E-state index contributed by atoms with van der Waals surface area (Å²) in [6.45, 7) is 0.845. The second kappa shape index (κ2) is 15.6. The van der Waals surface area contributed by atoms with Crippen LogP contribution in [-0.4, -0.2) is 129 Å². The van der Waals surface area contributed by atoms with E-state index in [1.54, 1.807) is 29.2 Å². The molecule has 2 saturated heterocycles. The van der Waals surface area contributed by atoms with Crippen molar-refractivity contribution in [3.05, 3.63) is 42.1 Å². The van der Waals surface area contributed by atoms with E-state index in [4.69, 9.17) is 4.74 Å². The lowest BCUT2D eigenvalue weighted by Crippen LogP contribution is -2.56. The van der Waals surface area contributed by atoms with E-state index < -0.39 is 30.0 Å². The summed E-state index contributed by atoms with van der Waals surface area (Å²) in [4.78, 5) is 81.4. The number of hydrogen-bond donors (Lipinski definition) is 4. The van der Waals surface area contributed by atoms with Crippen LogP contribution in [0.1, 0.15) is 61.9 Å². The molecule has 4 N–H and O–H groups in total. The molecule has 2 saturated carbocycles. The zero-order valence-electron chi connectivity index (χ0n) is 27.9. The Morgan fingerprint density at radius 3 is 2.26 bits per heavy atom. The summed E-state index contributed by atoms with van der Waals surface area (Å²) in [6.07, 6.45) is 4.98. The highest BCUT2D eigenvalue weighted by Crippen LogP contribution is 2.28. The average molecular weight is 693 g/mol. The number of hydrogen-bond acceptors (Lipinski definition) is 8. The van der Waals surface area contributed by atoms with Crippen LogP contribution in [0.4, 0.5) is 4.79 Å². The molecule has 0 bridgehead atoms. The fourth-order valence-corrected chi connectivity index (χ4v) is 6.40. The summed E-state index contributed by atoms with van der Waals surface area (Å²) >= 11 is 0. The van der Waals surface area contributed by atoms with Gasteiger partial charge in [-0.15, -0.1) is 0 Å². The van der Waals surface area contributed by atoms with E-state index in [0.29, 0.717) is 25.1 Å². The minimum absolute atomic E-state index is 0.0177. The first-order valence-electron chi connectivity index (χ1n) is 17.4. The summed E-state index contributed by atoms with van der Waals surface area (Å²) in [7, 11) is 0. The molecule has 1 aromatic carbocycles. The van der Waals surface area contributed by atoms with Crippen molar-refractivity contribution in [1.82, 2.24) is 40.4 Å². The van der Waals surface area contributed by atoms with Gasteiger partial charge in [0.05, 0.1) is 5.69 Å². The van der Waals surface area contributed by atoms with Crippen LogP contribution >= 0.6 is 0 Å². The summed E-state index contributed by atoms with van der Waals surface area (Å²) in [5, 5.41) is 22.4. The molecule has 4 fully saturated rings. The van der Waals surface area contributed by atoms with Crippen molar-refractivity contribution in [3.8, 4) is 11.6 Å². The van der Waals surface area contributed by atoms with Gasteiger partial charge in [-0.3, -0.25) is 24.0 Å². The topological polar surface area (TPSA) is 196 Å². The van der Waals surface area contributed by atoms with E-state index in [9.17, 15) is 33.9 Å². The molecule has 1 aromatic heterocycles. The standard InChI is InChI=1S/C34H44N8O8/c43-28(41-15-5-10-27(41)32(46)36-23-6-4-7-23)21-50-29-20-26(38-42(29)24-8-2-1-3-9-24)31(45)37-25(13-14-35-30(44)22-11-12-22)33(47)39-16-18-40(19-17-39)34(48)49/h1-3,8-9,20,22-23,25,27H,4-7,10-19,21H2,(H,35,44)(H,36,46)(H,37,45)(H,48,49). The number of para-hydroxylation sites is 1. The SMILES string of the molecule is O=C(NC(CCNC(=O)C1CC1)C(=O)N1CCN(C(=O)O)CC1)c1cc(OCC(=O)N2CCCC2C(=O)NC2CCC2)n(-c2ccccc2)n1. The van der Waals surface area contributed by atoms with E-state index in [1.807, 2.05) is 6.07 Å². The van der Waals surface area contributed by atoms with E-state index in [2.05, 4.69) is 21.0 Å². The van der Waals surface area contributed by atoms with Gasteiger partial charge < -0.3 is 40.5 Å². The highest BCUT2D eigenvalue weighted by molar-refractivity contribution is 5.96. The Balaban J connectivity index is 1.14. The Hall–Kier alpha value is -5.15. The Kier molecular flexibility index (Phi) is 10.8. The normalized spacial score (nSPS) is 19.7. The summed E-state index contributed by atoms with van der Waals surface area (Å²) in [5.74, 6) is -1.55. The number of carboxylic acid groups (broad SMARTS) is 1. The maximum Gasteiger partial charge on any atom is 0.407 e. The van der Waals surface area contributed by atoms with Crippen LogP contribution < -0.4 is 20.7 Å². The highest BCUT2D eigenvalue weighted by Gasteiger charge is 2.36. The molecule has 16 heteroatoms. The zero-order chi connectivity index (χ0) is 35.2. The molecule has 0 spiro atoms. The average Bonchev–Trinajstić information content (AvgIpc) is 3.68. The molecular formula is C34H44N8O8. The number of amides is 6. The molecule has 50 heavy (non-hydrogen) atoms. The number of ether oxygens (including phenoxy) is 1. The van der Waals surface area contributed by atoms with Crippen LogP contribution in [0, 0.1) is 5.92 Å². The number of carbonyl (C=O) groups is 6. The number of nitrogens with one attached hydrogen (secondary N) is 3. The van der Waals surface area contributed by atoms with Gasteiger partial charge >= 0.3 is 6.09 Å². The first-order chi connectivity index (χ1) is 24.2. The molecule has 6 amide bonds. The van der Waals surface area contributed by atoms with Gasteiger partial charge in [-0.05, 0) is 63.5 Å². The minimum Gasteiger partial charge on any atom is -0.467 e. The van der Waals surface area contributed by atoms with Crippen molar-refractivity contribution in [2.75, 3.05) is 45.9 Å². The molecule has 2 atom stereocenters. The van der Waals surface area contributed by atoms with Gasteiger partial charge in [0.2, 0.25) is 23.6 Å². The first-order valence-corrected chi connectivity index (χ1v) is 17.4. The minimum atomic E-state index is -1.06. The fourth-order valence-electron chi connectivity index (χ4n) is 6.40. The van der Waals surface area contributed by atoms with Gasteiger partial charge in [0.15, 0.2) is 12.3 Å². The number of likely N-dealkylation sites (tertiary alicyclic amines) is 1. The predicted molar refractivity (Wildman–Crippen MR) is 177 cm³/mol. The third kappa shape index (κ3) is 8.34. The molecule has 268 valence electrons. The second-order valence-corrected chi connectivity index (χ2v) is 13.3. The van der Waals surface area contributed by atoms with Gasteiger partial charge in [0.1, 0.15) is 12.1 Å². The fraction of sp³-hybridized carbons (Fsp3) is 0.559. The number of rotatable bonds is 13. The van der Waals surface area contributed by atoms with Crippen LogP contribution in [0.2, 0.25) is 0 Å². The van der Waals surface area contributed by atoms with Crippen LogP contribution in [0.5, 0.6) is 5.88 Å². The molecule has 2 unspecified atom stereocenters. The molecule has 2 aliphatic heterocycles. The molecule has 2 aromatic rings. The third-order valence-electron chi connectivity index (χ3n) is 9.73. The number of aromatic nitrogens is 2. The Morgan fingerprint density at radius 1 is 0.880 bits per heavy atom. The Morgan fingerprint density at radius 2 is 1.60 bits per heavy atom. The zero-order valence-corrected chi connectivity index (χ0v) is 27.9. The van der Waals surface area contributed by atoms with Crippen molar-refractivity contribution in [2.45, 2.75) is 69.5 Å². The smallest absolute Gasteiger partial charge is 0.407 e. The van der Waals surface area contributed by atoms with Gasteiger partial charge in [-0.1, -0.05) is 18.2 Å². The first kappa shape index (κ1) is 34.7. The summed E-state index contributed by atoms with van der Waals surface area (Å²) < 4.78 is 7.35. The van der Waals surface area contributed by atoms with Gasteiger partial charge in [0, 0.05) is 57.3 Å². The molecule has 6 rings (SSSR count). The predicted octanol–water partition coefficient (Wildman–Crippen LogP) is 0.748. The van der Waals surface area contributed by atoms with Gasteiger partial charge in [-0.2, -0.15) is 5.10 Å². The largest absolute Gasteiger partial charge is 0.467 e. The summed E-state index contributed by atoms with van der Waals surface area (Å²) in [6, 6.07) is 8.90. The lowest BCUT2D eigenvalue weighted by atomic mass is 9.93. The van der Waals surface area contributed by atoms with Crippen molar-refractivity contribution < 1.29 is 38.6 Å². The number of piperazine rings is 1. The number of benzene rings is 1. The third-order valence-corrected chi connectivity index (χ3v) is 9.73. The van der Waals surface area contributed by atoms with Gasteiger partial charge in [-0.25, -0.2) is 9.48 Å². The lowest BCUT2D eigenvalue weighted by Gasteiger charge is -2.35. The van der Waals surface area contributed by atoms with Crippen LogP contribution in [-0.2, 0) is 19.2 Å². The Bertz CT molecular complexity index is 1580. The molecular weight excluding hydrogens is 648 g/mol. The van der Waals surface area contributed by atoms with Crippen molar-refractivity contribution in [1.29, 1.82) is 0 Å².